The van der Waals surface area contributed by atoms with E-state index in [1.165, 1.54) is 0 Å². The fraction of sp³-hybridized carbons (Fsp3) is 0.188. The van der Waals surface area contributed by atoms with Crippen LogP contribution in [0.15, 0.2) is 59.1 Å². The summed E-state index contributed by atoms with van der Waals surface area (Å²) in [6.45, 7) is 0.699. The molecule has 4 heteroatoms. The van der Waals surface area contributed by atoms with Gasteiger partial charge in [-0.1, -0.05) is 64.5 Å². The normalized spacial score (nSPS) is 18.6. The molecule has 0 radical (unpaired) electrons. The molecule has 1 atom stereocenters. The third kappa shape index (κ3) is 2.62. The average Bonchev–Trinajstić information content (AvgIpc) is 2.82. The van der Waals surface area contributed by atoms with Gasteiger partial charge >= 0.3 is 0 Å². The highest BCUT2D eigenvalue weighted by atomic mass is 79.9. The summed E-state index contributed by atoms with van der Waals surface area (Å²) in [6, 6.07) is 17.8. The molecule has 0 aliphatic carbocycles. The first-order valence-corrected chi connectivity index (χ1v) is 7.24. The van der Waals surface area contributed by atoms with Crippen LogP contribution in [0.3, 0.4) is 0 Å². The molecule has 20 heavy (non-hydrogen) atoms. The summed E-state index contributed by atoms with van der Waals surface area (Å²) in [5.74, 6) is 0.0228. The van der Waals surface area contributed by atoms with Crippen molar-refractivity contribution in [1.82, 2.24) is 4.90 Å². The predicted molar refractivity (Wildman–Crippen MR) is 79.8 cm³/mol. The Balaban J connectivity index is 1.88. The van der Waals surface area contributed by atoms with Gasteiger partial charge in [0.05, 0.1) is 0 Å². The van der Waals surface area contributed by atoms with Crippen molar-refractivity contribution in [3.63, 3.8) is 0 Å². The molecule has 0 N–H and O–H groups in total. The summed E-state index contributed by atoms with van der Waals surface area (Å²) in [6.07, 6.45) is -0.321. The van der Waals surface area contributed by atoms with Crippen LogP contribution < -0.4 is 0 Å². The second-order valence-electron chi connectivity index (χ2n) is 4.69. The van der Waals surface area contributed by atoms with Crippen molar-refractivity contribution >= 4 is 21.8 Å². The van der Waals surface area contributed by atoms with Crippen LogP contribution >= 0.6 is 15.9 Å². The number of hydrogen-bond acceptors (Lipinski definition) is 2. The maximum Gasteiger partial charge on any atom is 0.251 e. The molecular weight excluding hydrogens is 318 g/mol. The SMILES string of the molecule is O=C1COC(c2ccccc2Br)N1Cc1ccccc1. The summed E-state index contributed by atoms with van der Waals surface area (Å²) in [5.41, 5.74) is 2.08. The number of benzene rings is 2. The van der Waals surface area contributed by atoms with Crippen LogP contribution in [0.25, 0.3) is 0 Å². The average molecular weight is 332 g/mol. The van der Waals surface area contributed by atoms with Gasteiger partial charge in [0.25, 0.3) is 5.91 Å². The summed E-state index contributed by atoms with van der Waals surface area (Å²) in [4.78, 5) is 13.8. The number of carbonyl (C=O) groups excluding carboxylic acids is 1. The molecular formula is C16H14BrNO2. The minimum Gasteiger partial charge on any atom is -0.344 e. The zero-order chi connectivity index (χ0) is 13.9. The standard InChI is InChI=1S/C16H14BrNO2/c17-14-9-5-4-8-13(14)16-18(15(19)11-20-16)10-12-6-2-1-3-7-12/h1-9,16H,10-11H2. The second kappa shape index (κ2) is 5.77. The summed E-state index contributed by atoms with van der Waals surface area (Å²) >= 11 is 3.52. The first-order valence-electron chi connectivity index (χ1n) is 6.45. The Morgan fingerprint density at radius 2 is 1.80 bits per heavy atom. The molecule has 1 saturated heterocycles. The Labute approximate surface area is 126 Å². The van der Waals surface area contributed by atoms with Crippen LogP contribution in [0.4, 0.5) is 0 Å². The monoisotopic (exact) mass is 331 g/mol. The molecule has 1 amide bonds. The highest BCUT2D eigenvalue weighted by molar-refractivity contribution is 9.10. The maximum atomic E-state index is 12.1. The summed E-state index contributed by atoms with van der Waals surface area (Å²) < 4.78 is 6.62. The molecule has 3 rings (SSSR count). The van der Waals surface area contributed by atoms with E-state index in [9.17, 15) is 4.79 Å². The molecule has 0 bridgehead atoms. The molecule has 2 aromatic rings. The van der Waals surface area contributed by atoms with E-state index >= 15 is 0 Å². The van der Waals surface area contributed by atoms with Crippen molar-refractivity contribution in [2.45, 2.75) is 12.8 Å². The first-order chi connectivity index (χ1) is 9.75. The van der Waals surface area contributed by atoms with Gasteiger partial charge in [0.2, 0.25) is 0 Å². The Bertz CT molecular complexity index is 615. The number of rotatable bonds is 3. The van der Waals surface area contributed by atoms with Crippen molar-refractivity contribution < 1.29 is 9.53 Å². The van der Waals surface area contributed by atoms with Crippen molar-refractivity contribution in [3.8, 4) is 0 Å². The van der Waals surface area contributed by atoms with Crippen LogP contribution in [-0.2, 0) is 16.1 Å². The van der Waals surface area contributed by atoms with Gasteiger partial charge in [-0.2, -0.15) is 0 Å². The largest absolute Gasteiger partial charge is 0.344 e. The molecule has 1 aliphatic heterocycles. The van der Waals surface area contributed by atoms with Gasteiger partial charge in [-0.05, 0) is 11.6 Å². The zero-order valence-corrected chi connectivity index (χ0v) is 12.4. The van der Waals surface area contributed by atoms with Crippen LogP contribution in [0.2, 0.25) is 0 Å². The van der Waals surface area contributed by atoms with Crippen molar-refractivity contribution in [2.24, 2.45) is 0 Å². The van der Waals surface area contributed by atoms with Gasteiger partial charge < -0.3 is 9.64 Å². The lowest BCUT2D eigenvalue weighted by Crippen LogP contribution is -2.28. The lowest BCUT2D eigenvalue weighted by Gasteiger charge is -2.24. The Kier molecular flexibility index (Phi) is 3.85. The van der Waals surface area contributed by atoms with Gasteiger partial charge in [-0.25, -0.2) is 0 Å². The minimum atomic E-state index is -0.321. The lowest BCUT2D eigenvalue weighted by atomic mass is 10.1. The van der Waals surface area contributed by atoms with E-state index in [4.69, 9.17) is 4.74 Å². The molecule has 1 heterocycles. The molecule has 0 saturated carbocycles. The van der Waals surface area contributed by atoms with E-state index in [1.807, 2.05) is 54.6 Å². The van der Waals surface area contributed by atoms with Crippen LogP contribution in [0.5, 0.6) is 0 Å². The van der Waals surface area contributed by atoms with E-state index in [-0.39, 0.29) is 18.7 Å². The van der Waals surface area contributed by atoms with E-state index in [1.54, 1.807) is 4.90 Å². The second-order valence-corrected chi connectivity index (χ2v) is 5.55. The third-order valence-corrected chi connectivity index (χ3v) is 4.06. The van der Waals surface area contributed by atoms with E-state index in [2.05, 4.69) is 15.9 Å². The van der Waals surface area contributed by atoms with Crippen molar-refractivity contribution in [3.05, 3.63) is 70.2 Å². The Morgan fingerprint density at radius 1 is 1.10 bits per heavy atom. The number of nitrogens with zero attached hydrogens (tertiary/aromatic N) is 1. The van der Waals surface area contributed by atoms with Gasteiger partial charge in [0, 0.05) is 16.6 Å². The first kappa shape index (κ1) is 13.3. The summed E-state index contributed by atoms with van der Waals surface area (Å²) in [7, 11) is 0. The van der Waals surface area contributed by atoms with E-state index in [0.29, 0.717) is 6.54 Å². The molecule has 1 unspecified atom stereocenters. The number of hydrogen-bond donors (Lipinski definition) is 0. The Morgan fingerprint density at radius 3 is 2.55 bits per heavy atom. The topological polar surface area (TPSA) is 29.5 Å². The molecule has 2 aromatic carbocycles. The lowest BCUT2D eigenvalue weighted by molar-refractivity contribution is -0.128. The summed E-state index contributed by atoms with van der Waals surface area (Å²) in [5, 5.41) is 0. The molecule has 3 nitrogen and oxygen atoms in total. The van der Waals surface area contributed by atoms with Gasteiger partial charge in [0.15, 0.2) is 6.23 Å². The Hall–Kier alpha value is -1.65. The fourth-order valence-corrected chi connectivity index (χ4v) is 2.82. The number of amides is 1. The van der Waals surface area contributed by atoms with Gasteiger partial charge in [-0.15, -0.1) is 0 Å². The highest BCUT2D eigenvalue weighted by Crippen LogP contribution is 2.33. The molecule has 1 aliphatic rings. The maximum absolute atomic E-state index is 12.1. The number of halogens is 1. The molecule has 1 fully saturated rings. The molecule has 0 aromatic heterocycles. The van der Waals surface area contributed by atoms with Crippen LogP contribution in [0, 0.1) is 0 Å². The van der Waals surface area contributed by atoms with Gasteiger partial charge in [0.1, 0.15) is 6.61 Å². The quantitative estimate of drug-likeness (QED) is 0.861. The van der Waals surface area contributed by atoms with E-state index < -0.39 is 0 Å². The minimum absolute atomic E-state index is 0.0228. The number of ether oxygens (including phenoxy) is 1. The van der Waals surface area contributed by atoms with Crippen molar-refractivity contribution in [2.75, 3.05) is 6.61 Å². The predicted octanol–water partition coefficient (Wildman–Crippen LogP) is 3.51. The number of carbonyl (C=O) groups is 1. The fourth-order valence-electron chi connectivity index (χ4n) is 2.34. The molecule has 102 valence electrons. The molecule has 0 spiro atoms. The zero-order valence-electron chi connectivity index (χ0n) is 10.8. The van der Waals surface area contributed by atoms with Crippen LogP contribution in [0.1, 0.15) is 17.4 Å². The third-order valence-electron chi connectivity index (χ3n) is 3.34. The van der Waals surface area contributed by atoms with Gasteiger partial charge in [-0.3, -0.25) is 4.79 Å². The van der Waals surface area contributed by atoms with Crippen LogP contribution in [-0.4, -0.2) is 17.4 Å². The van der Waals surface area contributed by atoms with E-state index in [0.717, 1.165) is 15.6 Å². The van der Waals surface area contributed by atoms with Crippen molar-refractivity contribution in [1.29, 1.82) is 0 Å². The smallest absolute Gasteiger partial charge is 0.251 e. The highest BCUT2D eigenvalue weighted by Gasteiger charge is 2.33.